The van der Waals surface area contributed by atoms with Crippen LogP contribution in [0.4, 0.5) is 0 Å². The average molecular weight is 603 g/mol. The first-order valence-corrected chi connectivity index (χ1v) is 13.4. The fraction of sp³-hybridized carbons (Fsp3) is 0.696. The lowest BCUT2D eigenvalue weighted by atomic mass is 10.1. The molecule has 4 atom stereocenters. The summed E-state index contributed by atoms with van der Waals surface area (Å²) in [5.74, 6) is -4.79. The molecule has 0 fully saturated rings. The summed E-state index contributed by atoms with van der Waals surface area (Å²) in [5, 5.41) is 29.0. The van der Waals surface area contributed by atoms with E-state index in [0.717, 1.165) is 0 Å². The average Bonchev–Trinajstić information content (AvgIpc) is 2.93. The number of aliphatic hydroxyl groups is 1. The fourth-order valence-electron chi connectivity index (χ4n) is 3.56. The third kappa shape index (κ3) is 16.8. The van der Waals surface area contributed by atoms with Gasteiger partial charge in [-0.15, -0.1) is 0 Å². The minimum absolute atomic E-state index is 0.0120. The number of aliphatic hydroxyl groups excluding tert-OH is 1. The number of carbonyl (C=O) groups is 5. The molecule has 0 aliphatic carbocycles. The Balaban J connectivity index is 5.62. The van der Waals surface area contributed by atoms with E-state index in [9.17, 15) is 34.2 Å². The monoisotopic (exact) mass is 602 g/mol. The first kappa shape index (κ1) is 37.8. The number of nitrogens with zero attached hydrogens (tertiary/aromatic N) is 2. The van der Waals surface area contributed by atoms with Gasteiger partial charge in [-0.25, -0.2) is 4.79 Å². The maximum absolute atomic E-state index is 13.0. The number of amides is 4. The predicted molar refractivity (Wildman–Crippen MR) is 154 cm³/mol. The normalized spacial score (nSPS) is 13.4. The summed E-state index contributed by atoms with van der Waals surface area (Å²) in [7, 11) is 0. The van der Waals surface area contributed by atoms with Gasteiger partial charge in [-0.3, -0.25) is 29.2 Å². The Bertz CT molecular complexity index is 939. The lowest BCUT2D eigenvalue weighted by Crippen LogP contribution is -2.59. The molecule has 0 radical (unpaired) electrons. The van der Waals surface area contributed by atoms with Crippen LogP contribution in [0, 0.1) is 0 Å². The molecule has 0 aromatic rings. The maximum atomic E-state index is 13.0. The zero-order chi connectivity index (χ0) is 32.1. The summed E-state index contributed by atoms with van der Waals surface area (Å²) in [5.41, 5.74) is 31.9. The highest BCUT2D eigenvalue weighted by Gasteiger charge is 2.30. The molecular formula is C23H46N12O7. The van der Waals surface area contributed by atoms with Gasteiger partial charge in [-0.2, -0.15) is 0 Å². The first-order valence-electron chi connectivity index (χ1n) is 13.4. The molecule has 0 heterocycles. The van der Waals surface area contributed by atoms with Gasteiger partial charge in [0.05, 0.1) is 13.2 Å². The zero-order valence-electron chi connectivity index (χ0n) is 23.6. The van der Waals surface area contributed by atoms with E-state index in [-0.39, 0.29) is 63.7 Å². The van der Waals surface area contributed by atoms with Gasteiger partial charge in [0.15, 0.2) is 11.9 Å². The summed E-state index contributed by atoms with van der Waals surface area (Å²) in [6.07, 6.45) is 1.69. The molecule has 0 bridgehead atoms. The van der Waals surface area contributed by atoms with Crippen molar-refractivity contribution in [2.24, 2.45) is 44.4 Å². The van der Waals surface area contributed by atoms with Gasteiger partial charge in [0.2, 0.25) is 23.6 Å². The summed E-state index contributed by atoms with van der Waals surface area (Å²) in [4.78, 5) is 70.0. The van der Waals surface area contributed by atoms with Crippen molar-refractivity contribution < 1.29 is 34.2 Å². The van der Waals surface area contributed by atoms with Gasteiger partial charge < -0.3 is 65.9 Å². The van der Waals surface area contributed by atoms with Crippen molar-refractivity contribution in [3.63, 3.8) is 0 Å². The number of aliphatic carboxylic acids is 1. The van der Waals surface area contributed by atoms with Crippen molar-refractivity contribution in [1.29, 1.82) is 0 Å². The van der Waals surface area contributed by atoms with Crippen LogP contribution in [0.3, 0.4) is 0 Å². The van der Waals surface area contributed by atoms with Crippen LogP contribution in [0.2, 0.25) is 0 Å². The molecule has 0 rings (SSSR count). The summed E-state index contributed by atoms with van der Waals surface area (Å²) < 4.78 is 0. The number of hydrogen-bond acceptors (Lipinski definition) is 10. The second kappa shape index (κ2) is 21.5. The molecule has 0 saturated carbocycles. The van der Waals surface area contributed by atoms with Gasteiger partial charge in [-0.05, 0) is 51.5 Å². The molecule has 0 aliphatic heterocycles. The zero-order valence-corrected chi connectivity index (χ0v) is 23.6. The molecule has 0 aromatic carbocycles. The van der Waals surface area contributed by atoms with Crippen molar-refractivity contribution >= 4 is 41.5 Å². The lowest BCUT2D eigenvalue weighted by molar-refractivity contribution is -0.142. The number of aliphatic imine (C=N–C) groups is 2. The Kier molecular flexibility index (Phi) is 19.3. The van der Waals surface area contributed by atoms with E-state index in [0.29, 0.717) is 19.4 Å². The highest BCUT2D eigenvalue weighted by atomic mass is 16.4. The van der Waals surface area contributed by atoms with Crippen LogP contribution >= 0.6 is 0 Å². The van der Waals surface area contributed by atoms with Crippen LogP contribution in [0.1, 0.15) is 44.9 Å². The number of carboxylic acid groups (broad SMARTS) is 1. The Morgan fingerprint density at radius 1 is 0.619 bits per heavy atom. The maximum Gasteiger partial charge on any atom is 0.326 e. The van der Waals surface area contributed by atoms with E-state index in [1.807, 2.05) is 0 Å². The molecule has 0 aliphatic rings. The Hall–Kier alpha value is -4.23. The topological polar surface area (TPSA) is 355 Å². The number of guanidine groups is 2. The van der Waals surface area contributed by atoms with Crippen LogP contribution in [-0.4, -0.2) is 109 Å². The number of nitrogens with two attached hydrogens (primary N) is 6. The van der Waals surface area contributed by atoms with Gasteiger partial charge in [-0.1, -0.05) is 0 Å². The number of unbranched alkanes of at least 4 members (excludes halogenated alkanes) is 1. The second-order valence-corrected chi connectivity index (χ2v) is 9.21. The number of hydrogen-bond donors (Lipinski definition) is 12. The quantitative estimate of drug-likeness (QED) is 0.0312. The van der Waals surface area contributed by atoms with Gasteiger partial charge in [0.25, 0.3) is 0 Å². The largest absolute Gasteiger partial charge is 0.480 e. The first-order chi connectivity index (χ1) is 19.9. The lowest BCUT2D eigenvalue weighted by Gasteiger charge is -2.25. The standard InChI is InChI=1S/C23H46N12O7/c24-8-2-1-5-13(32-17(37)11-25)18(38)35-16(12-36)20(40)33-14(6-3-9-30-22(26)27)19(39)34-15(21(41)42)7-4-10-31-23(28)29/h13-16,36H,1-12,24-25H2,(H,32,37)(H,33,40)(H,34,39)(H,35,38)(H,41,42)(H4,26,27,30)(H4,28,29,31)/t13-,14-,15-,16-/m0/s1. The number of rotatable bonds is 22. The van der Waals surface area contributed by atoms with E-state index in [1.165, 1.54) is 0 Å². The molecule has 0 unspecified atom stereocenters. The van der Waals surface area contributed by atoms with Crippen molar-refractivity contribution in [2.75, 3.05) is 32.8 Å². The van der Waals surface area contributed by atoms with Crippen molar-refractivity contribution in [3.8, 4) is 0 Å². The van der Waals surface area contributed by atoms with Gasteiger partial charge in [0.1, 0.15) is 24.2 Å². The van der Waals surface area contributed by atoms with Crippen LogP contribution in [0.25, 0.3) is 0 Å². The second-order valence-electron chi connectivity index (χ2n) is 9.21. The van der Waals surface area contributed by atoms with Gasteiger partial charge in [0, 0.05) is 13.1 Å². The minimum Gasteiger partial charge on any atom is -0.480 e. The summed E-state index contributed by atoms with van der Waals surface area (Å²) >= 11 is 0. The number of carbonyl (C=O) groups excluding carboxylic acids is 4. The van der Waals surface area contributed by atoms with Crippen LogP contribution in [0.15, 0.2) is 9.98 Å². The predicted octanol–water partition coefficient (Wildman–Crippen LogP) is -5.80. The van der Waals surface area contributed by atoms with E-state index >= 15 is 0 Å². The Morgan fingerprint density at radius 2 is 1.05 bits per heavy atom. The molecule has 19 heteroatoms. The molecule has 4 amide bonds. The molecule has 0 saturated heterocycles. The molecule has 0 spiro atoms. The van der Waals surface area contributed by atoms with Crippen LogP contribution in [-0.2, 0) is 24.0 Å². The van der Waals surface area contributed by atoms with Crippen molar-refractivity contribution in [1.82, 2.24) is 21.3 Å². The van der Waals surface area contributed by atoms with Crippen molar-refractivity contribution in [2.45, 2.75) is 69.1 Å². The molecule has 240 valence electrons. The van der Waals surface area contributed by atoms with E-state index < -0.39 is 60.4 Å². The third-order valence-corrected chi connectivity index (χ3v) is 5.74. The summed E-state index contributed by atoms with van der Waals surface area (Å²) in [6.45, 7) is -0.603. The highest BCUT2D eigenvalue weighted by molar-refractivity contribution is 5.95. The Morgan fingerprint density at radius 3 is 1.50 bits per heavy atom. The van der Waals surface area contributed by atoms with Crippen LogP contribution < -0.4 is 55.7 Å². The number of nitrogens with one attached hydrogen (secondary N) is 4. The molecule has 19 nitrogen and oxygen atoms in total. The minimum atomic E-state index is -1.51. The van der Waals surface area contributed by atoms with E-state index in [4.69, 9.17) is 34.4 Å². The molecule has 18 N–H and O–H groups in total. The smallest absolute Gasteiger partial charge is 0.326 e. The molecule has 0 aromatic heterocycles. The molecule has 42 heavy (non-hydrogen) atoms. The Labute approximate surface area is 243 Å². The number of carboxylic acids is 1. The van der Waals surface area contributed by atoms with Gasteiger partial charge >= 0.3 is 5.97 Å². The highest BCUT2D eigenvalue weighted by Crippen LogP contribution is 2.05. The molecular weight excluding hydrogens is 556 g/mol. The van der Waals surface area contributed by atoms with Crippen molar-refractivity contribution in [3.05, 3.63) is 0 Å². The summed E-state index contributed by atoms with van der Waals surface area (Å²) in [6, 6.07) is -5.16. The third-order valence-electron chi connectivity index (χ3n) is 5.74. The fourth-order valence-corrected chi connectivity index (χ4v) is 3.56. The SMILES string of the molecule is NCCCC[C@H](NC(=O)CN)C(=O)N[C@@H](CO)C(=O)N[C@@H](CCCN=C(N)N)C(=O)N[C@@H](CCCN=C(N)N)C(=O)O. The van der Waals surface area contributed by atoms with E-state index in [1.54, 1.807) is 0 Å². The van der Waals surface area contributed by atoms with E-state index in [2.05, 4.69) is 31.3 Å². The van der Waals surface area contributed by atoms with Crippen LogP contribution in [0.5, 0.6) is 0 Å².